The van der Waals surface area contributed by atoms with Crippen molar-refractivity contribution in [3.05, 3.63) is 48.4 Å². The largest absolute Gasteiger partial charge is 0.494 e. The van der Waals surface area contributed by atoms with Crippen LogP contribution >= 0.6 is 0 Å². The average molecular weight is 315 g/mol. The summed E-state index contributed by atoms with van der Waals surface area (Å²) in [7, 11) is 0. The van der Waals surface area contributed by atoms with Crippen molar-refractivity contribution in [2.75, 3.05) is 11.9 Å². The molecule has 122 valence electrons. The Bertz CT molecular complexity index is 621. The molecular formula is C17H21N3O3. The van der Waals surface area contributed by atoms with E-state index in [2.05, 4.69) is 15.8 Å². The Kier molecular flexibility index (Phi) is 6.23. The van der Waals surface area contributed by atoms with Gasteiger partial charge < -0.3 is 14.5 Å². The van der Waals surface area contributed by atoms with Gasteiger partial charge in [0.1, 0.15) is 17.6 Å². The van der Waals surface area contributed by atoms with E-state index in [0.29, 0.717) is 18.8 Å². The van der Waals surface area contributed by atoms with Gasteiger partial charge in [0.2, 0.25) is 0 Å². The molecule has 1 aromatic heterocycles. The number of hydrazone groups is 1. The first kappa shape index (κ1) is 16.6. The van der Waals surface area contributed by atoms with Crippen LogP contribution in [0.15, 0.2) is 52.2 Å². The Hall–Kier alpha value is -2.76. The number of hydrogen-bond acceptors (Lipinski definition) is 5. The first-order valence-corrected chi connectivity index (χ1v) is 7.58. The number of rotatable bonds is 8. The number of nitrogens with zero attached hydrogens (tertiary/aromatic N) is 1. The Morgan fingerprint density at radius 1 is 1.30 bits per heavy atom. The van der Waals surface area contributed by atoms with Gasteiger partial charge in [-0.05, 0) is 49.7 Å². The lowest BCUT2D eigenvalue weighted by Crippen LogP contribution is -2.36. The Morgan fingerprint density at radius 3 is 2.70 bits per heavy atom. The smallest absolute Gasteiger partial charge is 0.262 e. The minimum absolute atomic E-state index is 0.204. The lowest BCUT2D eigenvalue weighted by Gasteiger charge is -2.16. The number of anilines is 1. The van der Waals surface area contributed by atoms with Crippen molar-refractivity contribution >= 4 is 17.8 Å². The fraction of sp³-hybridized carbons (Fsp3) is 0.294. The van der Waals surface area contributed by atoms with Crippen molar-refractivity contribution in [3.8, 4) is 5.75 Å². The molecule has 0 saturated heterocycles. The fourth-order valence-corrected chi connectivity index (χ4v) is 1.97. The molecule has 2 rings (SSSR count). The summed E-state index contributed by atoms with van der Waals surface area (Å²) in [5, 5.41) is 7.06. The monoisotopic (exact) mass is 315 g/mol. The summed E-state index contributed by atoms with van der Waals surface area (Å²) in [6.45, 7) is 4.50. The standard InChI is InChI=1S/C17H21N3O3/c1-3-16(17(21)20-18-12-15-6-5-11-23-15)19-13-7-9-14(10-8-13)22-4-2/h5-12,16,19H,3-4H2,1-2H3,(H,20,21)/b18-12-/t16-/m0/s1. The summed E-state index contributed by atoms with van der Waals surface area (Å²) in [6, 6.07) is 10.6. The van der Waals surface area contributed by atoms with E-state index < -0.39 is 0 Å². The number of nitrogens with one attached hydrogen (secondary N) is 2. The van der Waals surface area contributed by atoms with Crippen LogP contribution in [0.1, 0.15) is 26.0 Å². The molecule has 0 fully saturated rings. The van der Waals surface area contributed by atoms with E-state index in [1.54, 1.807) is 18.4 Å². The zero-order chi connectivity index (χ0) is 16.5. The molecule has 0 spiro atoms. The van der Waals surface area contributed by atoms with E-state index in [9.17, 15) is 4.79 Å². The number of carbonyl (C=O) groups excluding carboxylic acids is 1. The zero-order valence-corrected chi connectivity index (χ0v) is 13.3. The van der Waals surface area contributed by atoms with Gasteiger partial charge >= 0.3 is 0 Å². The third-order valence-electron chi connectivity index (χ3n) is 3.14. The van der Waals surface area contributed by atoms with Crippen molar-refractivity contribution in [2.24, 2.45) is 5.10 Å². The van der Waals surface area contributed by atoms with Gasteiger partial charge in [-0.2, -0.15) is 5.10 Å². The second-order valence-electron chi connectivity index (χ2n) is 4.81. The van der Waals surface area contributed by atoms with Crippen molar-refractivity contribution in [2.45, 2.75) is 26.3 Å². The molecule has 0 unspecified atom stereocenters. The summed E-state index contributed by atoms with van der Waals surface area (Å²) in [4.78, 5) is 12.1. The van der Waals surface area contributed by atoms with Gasteiger partial charge in [-0.25, -0.2) is 5.43 Å². The van der Waals surface area contributed by atoms with Crippen LogP contribution in [0.5, 0.6) is 5.75 Å². The summed E-state index contributed by atoms with van der Waals surface area (Å²) in [5.41, 5.74) is 3.36. The Labute approximate surface area is 135 Å². The predicted octanol–water partition coefficient (Wildman–Crippen LogP) is 3.02. The van der Waals surface area contributed by atoms with Gasteiger partial charge in [-0.15, -0.1) is 0 Å². The maximum absolute atomic E-state index is 12.1. The quantitative estimate of drug-likeness (QED) is 0.580. The minimum Gasteiger partial charge on any atom is -0.494 e. The number of carbonyl (C=O) groups is 1. The molecule has 0 aliphatic carbocycles. The van der Waals surface area contributed by atoms with E-state index in [1.807, 2.05) is 38.1 Å². The third kappa shape index (κ3) is 5.18. The molecule has 2 aromatic rings. The molecule has 6 heteroatoms. The number of amides is 1. The maximum Gasteiger partial charge on any atom is 0.262 e. The van der Waals surface area contributed by atoms with E-state index in [1.165, 1.54) is 6.21 Å². The van der Waals surface area contributed by atoms with Gasteiger partial charge in [0, 0.05) is 5.69 Å². The van der Waals surface area contributed by atoms with Crippen LogP contribution in [-0.4, -0.2) is 24.8 Å². The third-order valence-corrected chi connectivity index (χ3v) is 3.14. The van der Waals surface area contributed by atoms with Crippen LogP contribution < -0.4 is 15.5 Å². The molecular weight excluding hydrogens is 294 g/mol. The highest BCUT2D eigenvalue weighted by Crippen LogP contribution is 2.17. The Balaban J connectivity index is 1.89. The molecule has 6 nitrogen and oxygen atoms in total. The second kappa shape index (κ2) is 8.63. The van der Waals surface area contributed by atoms with Crippen molar-refractivity contribution in [3.63, 3.8) is 0 Å². The summed E-state index contributed by atoms with van der Waals surface area (Å²) >= 11 is 0. The van der Waals surface area contributed by atoms with Crippen LogP contribution in [-0.2, 0) is 4.79 Å². The predicted molar refractivity (Wildman–Crippen MR) is 89.8 cm³/mol. The number of benzene rings is 1. The van der Waals surface area contributed by atoms with Gasteiger partial charge in [0.05, 0.1) is 19.1 Å². The molecule has 1 aromatic carbocycles. The van der Waals surface area contributed by atoms with Crippen LogP contribution in [0.3, 0.4) is 0 Å². The van der Waals surface area contributed by atoms with E-state index in [0.717, 1.165) is 11.4 Å². The van der Waals surface area contributed by atoms with Gasteiger partial charge in [0.25, 0.3) is 5.91 Å². The van der Waals surface area contributed by atoms with E-state index in [4.69, 9.17) is 9.15 Å². The number of ether oxygens (including phenoxy) is 1. The first-order chi connectivity index (χ1) is 11.2. The number of hydrogen-bond donors (Lipinski definition) is 2. The molecule has 0 aliphatic heterocycles. The van der Waals surface area contributed by atoms with E-state index in [-0.39, 0.29) is 11.9 Å². The molecule has 1 heterocycles. The topological polar surface area (TPSA) is 75.9 Å². The summed E-state index contributed by atoms with van der Waals surface area (Å²) in [6.07, 6.45) is 3.64. The summed E-state index contributed by atoms with van der Waals surface area (Å²) in [5.74, 6) is 1.18. The molecule has 1 amide bonds. The lowest BCUT2D eigenvalue weighted by molar-refractivity contribution is -0.121. The first-order valence-electron chi connectivity index (χ1n) is 7.58. The fourth-order valence-electron chi connectivity index (χ4n) is 1.97. The highest BCUT2D eigenvalue weighted by molar-refractivity contribution is 5.86. The van der Waals surface area contributed by atoms with Crippen LogP contribution in [0.25, 0.3) is 0 Å². The molecule has 0 aliphatic rings. The molecule has 0 radical (unpaired) electrons. The SMILES string of the molecule is CCOc1ccc(N[C@@H](CC)C(=O)N/N=C\c2ccco2)cc1. The van der Waals surface area contributed by atoms with Crippen LogP contribution in [0.4, 0.5) is 5.69 Å². The molecule has 1 atom stereocenters. The zero-order valence-electron chi connectivity index (χ0n) is 13.3. The highest BCUT2D eigenvalue weighted by atomic mass is 16.5. The minimum atomic E-state index is -0.373. The molecule has 23 heavy (non-hydrogen) atoms. The average Bonchev–Trinajstić information content (AvgIpc) is 3.07. The lowest BCUT2D eigenvalue weighted by atomic mass is 10.2. The Morgan fingerprint density at radius 2 is 2.09 bits per heavy atom. The van der Waals surface area contributed by atoms with Crippen LogP contribution in [0.2, 0.25) is 0 Å². The van der Waals surface area contributed by atoms with Crippen molar-refractivity contribution < 1.29 is 13.9 Å². The molecule has 0 bridgehead atoms. The highest BCUT2D eigenvalue weighted by Gasteiger charge is 2.15. The van der Waals surface area contributed by atoms with Gasteiger partial charge in [-0.3, -0.25) is 4.79 Å². The number of furan rings is 1. The summed E-state index contributed by atoms with van der Waals surface area (Å²) < 4.78 is 10.5. The van der Waals surface area contributed by atoms with E-state index >= 15 is 0 Å². The van der Waals surface area contributed by atoms with Crippen molar-refractivity contribution in [1.82, 2.24) is 5.43 Å². The van der Waals surface area contributed by atoms with Crippen molar-refractivity contribution in [1.29, 1.82) is 0 Å². The molecule has 2 N–H and O–H groups in total. The van der Waals surface area contributed by atoms with Gasteiger partial charge in [0.15, 0.2) is 0 Å². The normalized spacial score (nSPS) is 12.1. The second-order valence-corrected chi connectivity index (χ2v) is 4.81. The van der Waals surface area contributed by atoms with Crippen LogP contribution in [0, 0.1) is 0 Å². The van der Waals surface area contributed by atoms with Gasteiger partial charge in [-0.1, -0.05) is 6.92 Å². The molecule has 0 saturated carbocycles. The maximum atomic E-state index is 12.1.